The summed E-state index contributed by atoms with van der Waals surface area (Å²) in [5, 5.41) is 0. The van der Waals surface area contributed by atoms with E-state index in [4.69, 9.17) is 5.73 Å². The number of Topliss-reactive ketones (excluding diaryl/α,β-unsaturated/α-hetero) is 1. The Morgan fingerprint density at radius 1 is 1.17 bits per heavy atom. The van der Waals surface area contributed by atoms with Crippen LogP contribution in [0.3, 0.4) is 0 Å². The maximum atomic E-state index is 12.0. The van der Waals surface area contributed by atoms with Crippen LogP contribution < -0.4 is 5.73 Å². The molecule has 2 N–H and O–H groups in total. The highest BCUT2D eigenvalue weighted by Crippen LogP contribution is 2.09. The molecule has 0 aromatic heterocycles. The molecule has 1 heterocycles. The zero-order valence-electron chi connectivity index (χ0n) is 10.9. The van der Waals surface area contributed by atoms with Crippen LogP contribution in [0.5, 0.6) is 0 Å². The number of nitrogens with two attached hydrogens (primary N) is 1. The average Bonchev–Trinajstić information content (AvgIpc) is 2.38. The number of anilines is 1. The normalized spacial score (nSPS) is 17.8. The molecular formula is C14H21N3O. The van der Waals surface area contributed by atoms with E-state index in [0.29, 0.717) is 12.1 Å². The molecule has 0 bridgehead atoms. The standard InChI is InChI=1S/C14H21N3O/c1-16-8-10-17(11-9-16)7-6-14(18)12-2-4-13(15)5-3-12/h2-5H,6-11,15H2,1H3. The third-order valence-corrected chi connectivity index (χ3v) is 3.48. The van der Waals surface area contributed by atoms with Crippen molar-refractivity contribution in [3.8, 4) is 0 Å². The van der Waals surface area contributed by atoms with Gasteiger partial charge in [0.05, 0.1) is 0 Å². The van der Waals surface area contributed by atoms with Crippen molar-refractivity contribution in [1.29, 1.82) is 0 Å². The van der Waals surface area contributed by atoms with Gasteiger partial charge in [-0.2, -0.15) is 0 Å². The summed E-state index contributed by atoms with van der Waals surface area (Å²) in [6.07, 6.45) is 0.591. The summed E-state index contributed by atoms with van der Waals surface area (Å²) in [6, 6.07) is 7.18. The molecule has 4 heteroatoms. The van der Waals surface area contributed by atoms with Gasteiger partial charge in [0, 0.05) is 50.4 Å². The van der Waals surface area contributed by atoms with Gasteiger partial charge in [-0.05, 0) is 31.3 Å². The van der Waals surface area contributed by atoms with E-state index in [-0.39, 0.29) is 5.78 Å². The number of benzene rings is 1. The van der Waals surface area contributed by atoms with Gasteiger partial charge in [-0.3, -0.25) is 4.79 Å². The van der Waals surface area contributed by atoms with Gasteiger partial charge in [-0.15, -0.1) is 0 Å². The van der Waals surface area contributed by atoms with Crippen molar-refractivity contribution in [3.05, 3.63) is 29.8 Å². The summed E-state index contributed by atoms with van der Waals surface area (Å²) in [5.74, 6) is 0.203. The first kappa shape index (κ1) is 13.1. The summed E-state index contributed by atoms with van der Waals surface area (Å²) in [5.41, 5.74) is 7.07. The van der Waals surface area contributed by atoms with Crippen LogP contribution in [0.1, 0.15) is 16.8 Å². The number of rotatable bonds is 4. The number of piperazine rings is 1. The van der Waals surface area contributed by atoms with Crippen molar-refractivity contribution in [1.82, 2.24) is 9.80 Å². The van der Waals surface area contributed by atoms with E-state index in [0.717, 1.165) is 38.3 Å². The quantitative estimate of drug-likeness (QED) is 0.639. The lowest BCUT2D eigenvalue weighted by molar-refractivity contribution is 0.0942. The van der Waals surface area contributed by atoms with Crippen LogP contribution in [0.2, 0.25) is 0 Å². The van der Waals surface area contributed by atoms with E-state index in [1.54, 1.807) is 12.1 Å². The van der Waals surface area contributed by atoms with Gasteiger partial charge in [-0.1, -0.05) is 0 Å². The van der Waals surface area contributed by atoms with Crippen molar-refractivity contribution in [2.75, 3.05) is 45.5 Å². The first-order valence-electron chi connectivity index (χ1n) is 6.45. The number of nitrogen functional groups attached to an aromatic ring is 1. The number of carbonyl (C=O) groups is 1. The third-order valence-electron chi connectivity index (χ3n) is 3.48. The lowest BCUT2D eigenvalue weighted by Crippen LogP contribution is -2.45. The second-order valence-electron chi connectivity index (χ2n) is 4.94. The van der Waals surface area contributed by atoms with Crippen LogP contribution in [-0.4, -0.2) is 55.4 Å². The Morgan fingerprint density at radius 3 is 2.39 bits per heavy atom. The Morgan fingerprint density at radius 2 is 1.78 bits per heavy atom. The van der Waals surface area contributed by atoms with Crippen LogP contribution in [0.25, 0.3) is 0 Å². The number of hydrogen-bond acceptors (Lipinski definition) is 4. The first-order valence-corrected chi connectivity index (χ1v) is 6.45. The molecule has 1 saturated heterocycles. The van der Waals surface area contributed by atoms with Gasteiger partial charge in [-0.25, -0.2) is 0 Å². The largest absolute Gasteiger partial charge is 0.399 e. The first-order chi connectivity index (χ1) is 8.65. The smallest absolute Gasteiger partial charge is 0.164 e. The summed E-state index contributed by atoms with van der Waals surface area (Å²) >= 11 is 0. The molecule has 0 spiro atoms. The minimum Gasteiger partial charge on any atom is -0.399 e. The van der Waals surface area contributed by atoms with Crippen LogP contribution in [0.15, 0.2) is 24.3 Å². The predicted molar refractivity (Wildman–Crippen MR) is 73.7 cm³/mol. The van der Waals surface area contributed by atoms with Gasteiger partial charge in [0.15, 0.2) is 5.78 Å². The van der Waals surface area contributed by atoms with Gasteiger partial charge < -0.3 is 15.5 Å². The minimum absolute atomic E-state index is 0.203. The molecule has 0 aliphatic carbocycles. The number of hydrogen-bond donors (Lipinski definition) is 1. The third kappa shape index (κ3) is 3.55. The lowest BCUT2D eigenvalue weighted by atomic mass is 10.1. The van der Waals surface area contributed by atoms with Crippen molar-refractivity contribution in [2.24, 2.45) is 0 Å². The highest BCUT2D eigenvalue weighted by Gasteiger charge is 2.15. The molecule has 98 valence electrons. The highest BCUT2D eigenvalue weighted by atomic mass is 16.1. The van der Waals surface area contributed by atoms with E-state index in [2.05, 4.69) is 16.8 Å². The van der Waals surface area contributed by atoms with Gasteiger partial charge in [0.25, 0.3) is 0 Å². The number of likely N-dealkylation sites (N-methyl/N-ethyl adjacent to an activating group) is 1. The molecule has 1 fully saturated rings. The highest BCUT2D eigenvalue weighted by molar-refractivity contribution is 5.96. The summed E-state index contributed by atoms with van der Waals surface area (Å²) in [4.78, 5) is 16.7. The number of carbonyl (C=O) groups excluding carboxylic acids is 1. The minimum atomic E-state index is 0.203. The van der Waals surface area contributed by atoms with Crippen LogP contribution in [-0.2, 0) is 0 Å². The fraction of sp³-hybridized carbons (Fsp3) is 0.500. The molecule has 1 aliphatic heterocycles. The van der Waals surface area contributed by atoms with Crippen LogP contribution in [0.4, 0.5) is 5.69 Å². The average molecular weight is 247 g/mol. The molecule has 1 aromatic carbocycles. The van der Waals surface area contributed by atoms with Gasteiger partial charge >= 0.3 is 0 Å². The van der Waals surface area contributed by atoms with Crippen molar-refractivity contribution < 1.29 is 4.79 Å². The van der Waals surface area contributed by atoms with Crippen LogP contribution in [0, 0.1) is 0 Å². The van der Waals surface area contributed by atoms with Crippen molar-refractivity contribution >= 4 is 11.5 Å². The van der Waals surface area contributed by atoms with Gasteiger partial charge in [0.1, 0.15) is 0 Å². The molecule has 0 unspecified atom stereocenters. The molecule has 4 nitrogen and oxygen atoms in total. The topological polar surface area (TPSA) is 49.6 Å². The molecule has 18 heavy (non-hydrogen) atoms. The molecule has 1 aliphatic rings. The fourth-order valence-electron chi connectivity index (χ4n) is 2.14. The molecule has 2 rings (SSSR count). The Bertz CT molecular complexity index is 394. The molecule has 0 radical (unpaired) electrons. The number of nitrogens with zero attached hydrogens (tertiary/aromatic N) is 2. The van der Waals surface area contributed by atoms with E-state index < -0.39 is 0 Å². The Hall–Kier alpha value is -1.39. The van der Waals surface area contributed by atoms with Crippen LogP contribution >= 0.6 is 0 Å². The molecule has 0 atom stereocenters. The maximum absolute atomic E-state index is 12.0. The van der Waals surface area contributed by atoms with E-state index in [1.165, 1.54) is 0 Å². The summed E-state index contributed by atoms with van der Waals surface area (Å²) in [6.45, 7) is 5.17. The monoisotopic (exact) mass is 247 g/mol. The molecule has 0 amide bonds. The Labute approximate surface area is 108 Å². The summed E-state index contributed by atoms with van der Waals surface area (Å²) < 4.78 is 0. The zero-order valence-corrected chi connectivity index (χ0v) is 10.9. The maximum Gasteiger partial charge on any atom is 0.164 e. The van der Waals surface area contributed by atoms with Crippen molar-refractivity contribution in [2.45, 2.75) is 6.42 Å². The second kappa shape index (κ2) is 5.98. The molecule has 0 saturated carbocycles. The lowest BCUT2D eigenvalue weighted by Gasteiger charge is -2.32. The zero-order chi connectivity index (χ0) is 13.0. The predicted octanol–water partition coefficient (Wildman–Crippen LogP) is 1.09. The summed E-state index contributed by atoms with van der Waals surface area (Å²) in [7, 11) is 2.14. The van der Waals surface area contributed by atoms with E-state index in [9.17, 15) is 4.79 Å². The van der Waals surface area contributed by atoms with E-state index >= 15 is 0 Å². The number of ketones is 1. The van der Waals surface area contributed by atoms with E-state index in [1.807, 2.05) is 12.1 Å². The van der Waals surface area contributed by atoms with Gasteiger partial charge in [0.2, 0.25) is 0 Å². The second-order valence-corrected chi connectivity index (χ2v) is 4.94. The Kier molecular flexibility index (Phi) is 4.33. The molecular weight excluding hydrogens is 226 g/mol. The fourth-order valence-corrected chi connectivity index (χ4v) is 2.14. The van der Waals surface area contributed by atoms with Crippen molar-refractivity contribution in [3.63, 3.8) is 0 Å². The molecule has 1 aromatic rings. The Balaban J connectivity index is 1.79. The SMILES string of the molecule is CN1CCN(CCC(=O)c2ccc(N)cc2)CC1.